The van der Waals surface area contributed by atoms with E-state index in [-0.39, 0.29) is 17.1 Å². The van der Waals surface area contributed by atoms with E-state index in [1.54, 1.807) is 24.5 Å². The zero-order valence-corrected chi connectivity index (χ0v) is 9.90. The molecule has 0 aliphatic carbocycles. The van der Waals surface area contributed by atoms with Gasteiger partial charge in [-0.25, -0.2) is 9.97 Å². The van der Waals surface area contributed by atoms with Crippen LogP contribution in [0.15, 0.2) is 30.7 Å². The standard InChI is InChI=1S/C11H11ClN4O/c1-7(10-14-5-6-15-10)16-11(17)8-3-2-4-13-9(8)12/h2-7H,1H3,(H,14,15)(H,16,17). The van der Waals surface area contributed by atoms with Crippen molar-refractivity contribution in [2.75, 3.05) is 0 Å². The lowest BCUT2D eigenvalue weighted by atomic mass is 10.2. The Morgan fingerprint density at radius 3 is 2.94 bits per heavy atom. The number of nitrogens with one attached hydrogen (secondary N) is 2. The topological polar surface area (TPSA) is 70.7 Å². The molecule has 1 atom stereocenters. The number of rotatable bonds is 3. The van der Waals surface area contributed by atoms with Gasteiger partial charge in [0.05, 0.1) is 11.6 Å². The van der Waals surface area contributed by atoms with E-state index >= 15 is 0 Å². The average molecular weight is 251 g/mol. The van der Waals surface area contributed by atoms with Gasteiger partial charge in [-0.3, -0.25) is 4.79 Å². The smallest absolute Gasteiger partial charge is 0.254 e. The SMILES string of the molecule is CC(NC(=O)c1cccnc1Cl)c1ncc[nH]1. The van der Waals surface area contributed by atoms with Gasteiger partial charge in [-0.15, -0.1) is 0 Å². The van der Waals surface area contributed by atoms with Gasteiger partial charge in [0.2, 0.25) is 0 Å². The largest absolute Gasteiger partial charge is 0.347 e. The minimum Gasteiger partial charge on any atom is -0.347 e. The fourth-order valence-corrected chi connectivity index (χ4v) is 1.62. The van der Waals surface area contributed by atoms with Crippen LogP contribution in [-0.2, 0) is 0 Å². The molecule has 0 bridgehead atoms. The van der Waals surface area contributed by atoms with Gasteiger partial charge < -0.3 is 10.3 Å². The molecule has 0 aromatic carbocycles. The molecule has 88 valence electrons. The quantitative estimate of drug-likeness (QED) is 0.818. The van der Waals surface area contributed by atoms with Crippen LogP contribution in [0.25, 0.3) is 0 Å². The molecule has 0 aliphatic heterocycles. The molecule has 2 aromatic rings. The number of H-pyrrole nitrogens is 1. The van der Waals surface area contributed by atoms with Crippen LogP contribution >= 0.6 is 11.6 Å². The highest BCUT2D eigenvalue weighted by molar-refractivity contribution is 6.32. The summed E-state index contributed by atoms with van der Waals surface area (Å²) in [6.45, 7) is 1.83. The lowest BCUT2D eigenvalue weighted by molar-refractivity contribution is 0.0938. The van der Waals surface area contributed by atoms with Gasteiger partial charge in [-0.1, -0.05) is 11.6 Å². The van der Waals surface area contributed by atoms with Crippen molar-refractivity contribution in [1.82, 2.24) is 20.3 Å². The molecule has 0 fully saturated rings. The van der Waals surface area contributed by atoms with E-state index in [4.69, 9.17) is 11.6 Å². The van der Waals surface area contributed by atoms with Crippen molar-refractivity contribution in [2.24, 2.45) is 0 Å². The molecule has 1 unspecified atom stereocenters. The number of aromatic amines is 1. The second kappa shape index (κ2) is 4.97. The molecule has 6 heteroatoms. The number of hydrogen-bond donors (Lipinski definition) is 2. The minimum atomic E-state index is -0.271. The minimum absolute atomic E-state index is 0.191. The van der Waals surface area contributed by atoms with Crippen molar-refractivity contribution in [2.45, 2.75) is 13.0 Å². The van der Waals surface area contributed by atoms with E-state index in [0.29, 0.717) is 11.4 Å². The van der Waals surface area contributed by atoms with Crippen LogP contribution in [-0.4, -0.2) is 20.9 Å². The van der Waals surface area contributed by atoms with E-state index in [1.807, 2.05) is 6.92 Å². The number of hydrogen-bond acceptors (Lipinski definition) is 3. The van der Waals surface area contributed by atoms with Crippen molar-refractivity contribution in [3.8, 4) is 0 Å². The second-order valence-electron chi connectivity index (χ2n) is 3.51. The third-order valence-electron chi connectivity index (χ3n) is 2.28. The normalized spacial score (nSPS) is 12.1. The molecule has 5 nitrogen and oxygen atoms in total. The molecule has 2 N–H and O–H groups in total. The number of halogens is 1. The molecule has 2 rings (SSSR count). The Labute approximate surface area is 103 Å². The summed E-state index contributed by atoms with van der Waals surface area (Å²) >= 11 is 5.83. The van der Waals surface area contributed by atoms with Gasteiger partial charge in [-0.05, 0) is 19.1 Å². The number of amides is 1. The summed E-state index contributed by atoms with van der Waals surface area (Å²) in [5, 5.41) is 2.97. The zero-order chi connectivity index (χ0) is 12.3. The van der Waals surface area contributed by atoms with Crippen LogP contribution < -0.4 is 5.32 Å². The molecule has 0 aliphatic rings. The summed E-state index contributed by atoms with van der Waals surface area (Å²) < 4.78 is 0. The van der Waals surface area contributed by atoms with Gasteiger partial charge in [-0.2, -0.15) is 0 Å². The summed E-state index contributed by atoms with van der Waals surface area (Å²) in [5.41, 5.74) is 0.354. The van der Waals surface area contributed by atoms with E-state index in [9.17, 15) is 4.79 Å². The van der Waals surface area contributed by atoms with E-state index in [1.165, 1.54) is 6.20 Å². The van der Waals surface area contributed by atoms with Crippen LogP contribution in [0.5, 0.6) is 0 Å². The lowest BCUT2D eigenvalue weighted by Crippen LogP contribution is -2.27. The maximum Gasteiger partial charge on any atom is 0.254 e. The number of imidazole rings is 1. The molecule has 0 spiro atoms. The number of nitrogens with zero attached hydrogens (tertiary/aromatic N) is 2. The van der Waals surface area contributed by atoms with Gasteiger partial charge in [0.1, 0.15) is 11.0 Å². The molecular formula is C11H11ClN4O. The Morgan fingerprint density at radius 2 is 2.29 bits per heavy atom. The summed E-state index contributed by atoms with van der Waals surface area (Å²) in [5.74, 6) is 0.422. The van der Waals surface area contributed by atoms with Crippen molar-refractivity contribution in [3.63, 3.8) is 0 Å². The molecule has 2 heterocycles. The summed E-state index contributed by atoms with van der Waals surface area (Å²) in [4.78, 5) is 22.7. The summed E-state index contributed by atoms with van der Waals surface area (Å²) in [6, 6.07) is 3.08. The Morgan fingerprint density at radius 1 is 1.47 bits per heavy atom. The average Bonchev–Trinajstić information content (AvgIpc) is 2.82. The summed E-state index contributed by atoms with van der Waals surface area (Å²) in [6.07, 6.45) is 4.87. The first-order valence-corrected chi connectivity index (χ1v) is 5.47. The third-order valence-corrected chi connectivity index (χ3v) is 2.58. The fraction of sp³-hybridized carbons (Fsp3) is 0.182. The van der Waals surface area contributed by atoms with Crippen molar-refractivity contribution in [1.29, 1.82) is 0 Å². The highest BCUT2D eigenvalue weighted by Gasteiger charge is 2.15. The number of aromatic nitrogens is 3. The van der Waals surface area contributed by atoms with Crippen LogP contribution in [0.3, 0.4) is 0 Å². The monoisotopic (exact) mass is 250 g/mol. The van der Waals surface area contributed by atoms with Crippen molar-refractivity contribution >= 4 is 17.5 Å². The van der Waals surface area contributed by atoms with Crippen LogP contribution in [0.2, 0.25) is 5.15 Å². The molecule has 1 amide bonds. The van der Waals surface area contributed by atoms with Crippen molar-refractivity contribution < 1.29 is 4.79 Å². The zero-order valence-electron chi connectivity index (χ0n) is 9.14. The third kappa shape index (κ3) is 2.62. The molecule has 17 heavy (non-hydrogen) atoms. The number of carbonyl (C=O) groups excluding carboxylic acids is 1. The van der Waals surface area contributed by atoms with Crippen LogP contribution in [0.1, 0.15) is 29.1 Å². The number of carbonyl (C=O) groups is 1. The lowest BCUT2D eigenvalue weighted by Gasteiger charge is -2.11. The summed E-state index contributed by atoms with van der Waals surface area (Å²) in [7, 11) is 0. The Hall–Kier alpha value is -1.88. The van der Waals surface area contributed by atoms with Crippen LogP contribution in [0, 0.1) is 0 Å². The second-order valence-corrected chi connectivity index (χ2v) is 3.87. The Bertz CT molecular complexity index is 512. The highest BCUT2D eigenvalue weighted by atomic mass is 35.5. The first-order chi connectivity index (χ1) is 8.18. The maximum atomic E-state index is 11.9. The molecule has 0 saturated carbocycles. The Balaban J connectivity index is 2.10. The number of pyridine rings is 1. The predicted octanol–water partition coefficient (Wildman–Crippen LogP) is 1.95. The Kier molecular flexibility index (Phi) is 3.39. The van der Waals surface area contributed by atoms with Gasteiger partial charge >= 0.3 is 0 Å². The van der Waals surface area contributed by atoms with Gasteiger partial charge in [0.25, 0.3) is 5.91 Å². The van der Waals surface area contributed by atoms with Crippen molar-refractivity contribution in [3.05, 3.63) is 47.3 Å². The van der Waals surface area contributed by atoms with E-state index in [2.05, 4.69) is 20.3 Å². The molecule has 0 saturated heterocycles. The van der Waals surface area contributed by atoms with E-state index < -0.39 is 0 Å². The van der Waals surface area contributed by atoms with Crippen LogP contribution in [0.4, 0.5) is 0 Å². The molecule has 0 radical (unpaired) electrons. The predicted molar refractivity (Wildman–Crippen MR) is 63.7 cm³/mol. The maximum absolute atomic E-state index is 11.9. The van der Waals surface area contributed by atoms with Gasteiger partial charge in [0, 0.05) is 18.6 Å². The first-order valence-electron chi connectivity index (χ1n) is 5.09. The molecular weight excluding hydrogens is 240 g/mol. The fourth-order valence-electron chi connectivity index (χ4n) is 1.41. The van der Waals surface area contributed by atoms with Gasteiger partial charge in [0.15, 0.2) is 0 Å². The van der Waals surface area contributed by atoms with E-state index in [0.717, 1.165) is 0 Å². The first kappa shape index (κ1) is 11.6. The highest BCUT2D eigenvalue weighted by Crippen LogP contribution is 2.13. The molecule has 2 aromatic heterocycles.